The number of aromatic nitrogens is 1. The van der Waals surface area contributed by atoms with E-state index in [1.807, 2.05) is 24.3 Å². The van der Waals surface area contributed by atoms with Gasteiger partial charge in [-0.15, -0.1) is 0 Å². The molecule has 0 radical (unpaired) electrons. The minimum Gasteiger partial charge on any atom is -0.440 e. The van der Waals surface area contributed by atoms with Crippen LogP contribution in [0.2, 0.25) is 0 Å². The fourth-order valence-corrected chi connectivity index (χ4v) is 4.58. The van der Waals surface area contributed by atoms with Gasteiger partial charge in [0.2, 0.25) is 5.91 Å². The van der Waals surface area contributed by atoms with Crippen molar-refractivity contribution in [3.63, 3.8) is 0 Å². The number of piperidine rings is 2. The zero-order valence-corrected chi connectivity index (χ0v) is 16.4. The van der Waals surface area contributed by atoms with E-state index in [1.165, 1.54) is 13.0 Å². The summed E-state index contributed by atoms with van der Waals surface area (Å²) < 4.78 is 5.97. The average Bonchev–Trinajstić information content (AvgIpc) is 3.14. The smallest absolute Gasteiger partial charge is 0.222 e. The highest BCUT2D eigenvalue weighted by molar-refractivity contribution is 5.76. The molecule has 0 unspecified atom stereocenters. The van der Waals surface area contributed by atoms with Crippen molar-refractivity contribution in [1.29, 1.82) is 0 Å². The van der Waals surface area contributed by atoms with Crippen molar-refractivity contribution < 1.29 is 9.21 Å². The molecule has 5 heteroatoms. The predicted octanol–water partition coefficient (Wildman–Crippen LogP) is 4.05. The Hall–Kier alpha value is -1.88. The lowest BCUT2D eigenvalue weighted by atomic mass is 9.91. The third-order valence-electron chi connectivity index (χ3n) is 6.14. The van der Waals surface area contributed by atoms with Crippen LogP contribution in [0.4, 0.5) is 0 Å². The van der Waals surface area contributed by atoms with Crippen LogP contribution in [0.15, 0.2) is 28.7 Å². The molecule has 4 rings (SSSR count). The van der Waals surface area contributed by atoms with Crippen molar-refractivity contribution in [2.24, 2.45) is 5.92 Å². The number of oxazole rings is 1. The molecule has 5 nitrogen and oxygen atoms in total. The summed E-state index contributed by atoms with van der Waals surface area (Å²) in [7, 11) is 0. The van der Waals surface area contributed by atoms with E-state index >= 15 is 0 Å². The van der Waals surface area contributed by atoms with Crippen LogP contribution in [0.5, 0.6) is 0 Å². The maximum absolute atomic E-state index is 12.9. The van der Waals surface area contributed by atoms with Crippen molar-refractivity contribution in [3.8, 4) is 0 Å². The summed E-state index contributed by atoms with van der Waals surface area (Å²) >= 11 is 0. The van der Waals surface area contributed by atoms with Gasteiger partial charge in [-0.3, -0.25) is 4.79 Å². The van der Waals surface area contributed by atoms with Crippen LogP contribution < -0.4 is 0 Å². The fourth-order valence-electron chi connectivity index (χ4n) is 4.58. The number of nitrogens with zero attached hydrogens (tertiary/aromatic N) is 3. The maximum Gasteiger partial charge on any atom is 0.222 e. The minimum absolute atomic E-state index is 0.224. The lowest BCUT2D eigenvalue weighted by molar-refractivity contribution is -0.133. The second-order valence-electron chi connectivity index (χ2n) is 8.19. The summed E-state index contributed by atoms with van der Waals surface area (Å²) in [4.78, 5) is 22.1. The average molecular weight is 370 g/mol. The molecule has 2 aromatic rings. The van der Waals surface area contributed by atoms with E-state index in [2.05, 4.69) is 21.7 Å². The molecule has 2 fully saturated rings. The highest BCUT2D eigenvalue weighted by Gasteiger charge is 2.30. The minimum atomic E-state index is 0.224. The Balaban J connectivity index is 1.33. The summed E-state index contributed by atoms with van der Waals surface area (Å²) in [6, 6.07) is 7.90. The lowest BCUT2D eigenvalue weighted by Crippen LogP contribution is -2.41. The zero-order chi connectivity index (χ0) is 18.6. The van der Waals surface area contributed by atoms with E-state index in [9.17, 15) is 4.79 Å². The van der Waals surface area contributed by atoms with Gasteiger partial charge in [-0.25, -0.2) is 4.98 Å². The molecule has 2 saturated heterocycles. The van der Waals surface area contributed by atoms with E-state index < -0.39 is 0 Å². The van der Waals surface area contributed by atoms with Crippen LogP contribution in [0.1, 0.15) is 57.3 Å². The Labute approximate surface area is 161 Å². The van der Waals surface area contributed by atoms with Gasteiger partial charge in [0, 0.05) is 19.5 Å². The summed E-state index contributed by atoms with van der Waals surface area (Å²) in [6.45, 7) is 7.36. The normalized spacial score (nSPS) is 22.4. The van der Waals surface area contributed by atoms with E-state index in [1.54, 1.807) is 0 Å². The van der Waals surface area contributed by atoms with Crippen molar-refractivity contribution in [2.75, 3.05) is 32.7 Å². The van der Waals surface area contributed by atoms with Gasteiger partial charge in [0.25, 0.3) is 0 Å². The molecule has 2 aliphatic rings. The second-order valence-corrected chi connectivity index (χ2v) is 8.19. The molecule has 0 spiro atoms. The number of amides is 1. The SMILES string of the molecule is CCCN1CCC(CC(=O)N2CCC[C@H](c3nc4ccccc4o3)C2)CC1. The fraction of sp³-hybridized carbons (Fsp3) is 0.636. The van der Waals surface area contributed by atoms with Crippen LogP contribution in [0.25, 0.3) is 11.1 Å². The highest BCUT2D eigenvalue weighted by atomic mass is 16.3. The van der Waals surface area contributed by atoms with Crippen molar-refractivity contribution in [2.45, 2.75) is 51.4 Å². The maximum atomic E-state index is 12.9. The van der Waals surface area contributed by atoms with Gasteiger partial charge in [0.05, 0.1) is 5.92 Å². The molecule has 0 aliphatic carbocycles. The van der Waals surface area contributed by atoms with Crippen molar-refractivity contribution in [3.05, 3.63) is 30.2 Å². The molecule has 0 bridgehead atoms. The Morgan fingerprint density at radius 1 is 1.19 bits per heavy atom. The largest absolute Gasteiger partial charge is 0.440 e. The molecule has 0 saturated carbocycles. The molecule has 146 valence electrons. The molecule has 1 aromatic carbocycles. The summed E-state index contributed by atoms with van der Waals surface area (Å²) in [5.74, 6) is 1.89. The molecular weight excluding hydrogens is 338 g/mol. The summed E-state index contributed by atoms with van der Waals surface area (Å²) in [5, 5.41) is 0. The Morgan fingerprint density at radius 2 is 2.00 bits per heavy atom. The third-order valence-corrected chi connectivity index (χ3v) is 6.14. The number of hydrogen-bond donors (Lipinski definition) is 0. The van der Waals surface area contributed by atoms with Gasteiger partial charge in [0.1, 0.15) is 5.52 Å². The molecule has 3 heterocycles. The first kappa shape index (κ1) is 18.5. The number of benzene rings is 1. The van der Waals surface area contributed by atoms with Gasteiger partial charge in [-0.1, -0.05) is 19.1 Å². The standard InChI is InChI=1S/C22H31N3O2/c1-2-11-24-13-9-17(10-14-24)15-21(26)25-12-5-6-18(16-25)22-23-19-7-3-4-8-20(19)27-22/h3-4,7-8,17-18H,2,5-6,9-16H2,1H3/t18-/m0/s1. The van der Waals surface area contributed by atoms with Crippen LogP contribution in [-0.2, 0) is 4.79 Å². The van der Waals surface area contributed by atoms with E-state index in [0.717, 1.165) is 68.9 Å². The monoisotopic (exact) mass is 369 g/mol. The number of carbonyl (C=O) groups excluding carboxylic acids is 1. The van der Waals surface area contributed by atoms with E-state index in [4.69, 9.17) is 4.42 Å². The van der Waals surface area contributed by atoms with Gasteiger partial charge in [0.15, 0.2) is 11.5 Å². The molecule has 2 aliphatic heterocycles. The van der Waals surface area contributed by atoms with Gasteiger partial charge >= 0.3 is 0 Å². The Bertz CT molecular complexity index is 731. The van der Waals surface area contributed by atoms with Crippen molar-refractivity contribution in [1.82, 2.24) is 14.8 Å². The molecule has 27 heavy (non-hydrogen) atoms. The van der Waals surface area contributed by atoms with E-state index in [0.29, 0.717) is 18.2 Å². The Kier molecular flexibility index (Phi) is 5.77. The number of fused-ring (bicyclic) bond motifs is 1. The number of para-hydroxylation sites is 2. The molecule has 1 atom stereocenters. The number of hydrogen-bond acceptors (Lipinski definition) is 4. The topological polar surface area (TPSA) is 49.6 Å². The summed E-state index contributed by atoms with van der Waals surface area (Å²) in [6.07, 6.45) is 6.33. The van der Waals surface area contributed by atoms with Crippen LogP contribution in [-0.4, -0.2) is 53.4 Å². The number of rotatable bonds is 5. The van der Waals surface area contributed by atoms with E-state index in [-0.39, 0.29) is 5.92 Å². The molecular formula is C22H31N3O2. The van der Waals surface area contributed by atoms with Crippen molar-refractivity contribution >= 4 is 17.0 Å². The third kappa shape index (κ3) is 4.34. The first-order chi connectivity index (χ1) is 13.2. The van der Waals surface area contributed by atoms with Crippen LogP contribution in [0.3, 0.4) is 0 Å². The zero-order valence-electron chi connectivity index (χ0n) is 16.4. The van der Waals surface area contributed by atoms with Gasteiger partial charge in [-0.05, 0) is 69.8 Å². The lowest BCUT2D eigenvalue weighted by Gasteiger charge is -2.35. The molecule has 0 N–H and O–H groups in total. The quantitative estimate of drug-likeness (QED) is 0.798. The molecule has 1 amide bonds. The first-order valence-corrected chi connectivity index (χ1v) is 10.6. The predicted molar refractivity (Wildman–Crippen MR) is 107 cm³/mol. The molecule has 1 aromatic heterocycles. The first-order valence-electron chi connectivity index (χ1n) is 10.6. The second kappa shape index (κ2) is 8.42. The van der Waals surface area contributed by atoms with Crippen LogP contribution in [0, 0.1) is 5.92 Å². The highest BCUT2D eigenvalue weighted by Crippen LogP contribution is 2.30. The number of likely N-dealkylation sites (tertiary alicyclic amines) is 2. The van der Waals surface area contributed by atoms with Gasteiger partial charge < -0.3 is 14.2 Å². The summed E-state index contributed by atoms with van der Waals surface area (Å²) in [5.41, 5.74) is 1.75. The van der Waals surface area contributed by atoms with Gasteiger partial charge in [-0.2, -0.15) is 0 Å². The Morgan fingerprint density at radius 3 is 2.78 bits per heavy atom. The van der Waals surface area contributed by atoms with Crippen LogP contribution >= 0.6 is 0 Å². The number of carbonyl (C=O) groups is 1.